The van der Waals surface area contributed by atoms with Crippen LogP contribution in [0.1, 0.15) is 23.2 Å². The van der Waals surface area contributed by atoms with E-state index < -0.39 is 17.7 Å². The number of esters is 1. The van der Waals surface area contributed by atoms with Crippen LogP contribution in [0.2, 0.25) is 0 Å². The number of nitrogens with one attached hydrogen (secondary N) is 1. The number of oxazole rings is 1. The molecule has 0 aliphatic heterocycles. The second-order valence-corrected chi connectivity index (χ2v) is 4.46. The summed E-state index contributed by atoms with van der Waals surface area (Å²) in [5.74, 6) is -1.18. The van der Waals surface area contributed by atoms with Crippen molar-refractivity contribution in [1.82, 2.24) is 15.2 Å². The largest absolute Gasteiger partial charge is 0.459 e. The molecule has 0 unspecified atom stereocenters. The van der Waals surface area contributed by atoms with E-state index in [4.69, 9.17) is 8.83 Å². The molecule has 1 N–H and O–H groups in total. The van der Waals surface area contributed by atoms with Crippen LogP contribution in [0, 0.1) is 0 Å². The van der Waals surface area contributed by atoms with Crippen molar-refractivity contribution >= 4 is 29.1 Å². The fraction of sp³-hybridized carbons (Fsp3) is 0.231. The van der Waals surface area contributed by atoms with Gasteiger partial charge in [-0.05, 0) is 25.1 Å². The average Bonchev–Trinajstić information content (AvgIpc) is 3.12. The van der Waals surface area contributed by atoms with Crippen molar-refractivity contribution in [3.05, 3.63) is 29.7 Å². The molecule has 2 aromatic heterocycles. The molecule has 3 rings (SSSR count). The summed E-state index contributed by atoms with van der Waals surface area (Å²) < 4.78 is 52.9. The third-order valence-corrected chi connectivity index (χ3v) is 2.80. The Morgan fingerprint density at radius 3 is 2.75 bits per heavy atom. The predicted octanol–water partition coefficient (Wildman–Crippen LogP) is 3.15. The van der Waals surface area contributed by atoms with Gasteiger partial charge in [0.05, 0.1) is 12.2 Å². The number of aromatic nitrogens is 3. The lowest BCUT2D eigenvalue weighted by atomic mass is 10.2. The number of hydrogen-bond donors (Lipinski definition) is 1. The number of halogens is 3. The van der Waals surface area contributed by atoms with Gasteiger partial charge < -0.3 is 13.6 Å². The van der Waals surface area contributed by atoms with Gasteiger partial charge in [0, 0.05) is 0 Å². The zero-order valence-electron chi connectivity index (χ0n) is 12.0. The van der Waals surface area contributed by atoms with Crippen LogP contribution in [0.25, 0.3) is 11.1 Å². The van der Waals surface area contributed by atoms with E-state index in [1.807, 2.05) is 0 Å². The van der Waals surface area contributed by atoms with Crippen LogP contribution < -0.4 is 5.32 Å². The standard InChI is InChI=1S/C13H9F3N4O4/c1-2-22-10(21)9-19-20-12(24-9)18-11-17-7-5-6(13(14,15)16)3-4-8(7)23-11/h3-5H,2H2,1H3,(H,17,18,20). The SMILES string of the molecule is CCOC(=O)c1nnc(Nc2nc3cc(C(F)(F)F)ccc3o2)o1. The maximum Gasteiger partial charge on any atom is 0.416 e. The summed E-state index contributed by atoms with van der Waals surface area (Å²) in [5, 5.41) is 9.45. The number of ether oxygens (including phenoxy) is 1. The lowest BCUT2D eigenvalue weighted by Crippen LogP contribution is -2.04. The molecule has 0 fully saturated rings. The molecule has 0 radical (unpaired) electrons. The Balaban J connectivity index is 1.82. The molecule has 24 heavy (non-hydrogen) atoms. The van der Waals surface area contributed by atoms with Crippen LogP contribution in [-0.2, 0) is 10.9 Å². The van der Waals surface area contributed by atoms with E-state index in [1.54, 1.807) is 6.92 Å². The number of alkyl halides is 3. The summed E-state index contributed by atoms with van der Waals surface area (Å²) in [6, 6.07) is 2.49. The van der Waals surface area contributed by atoms with Gasteiger partial charge in [-0.1, -0.05) is 10.2 Å². The van der Waals surface area contributed by atoms with Gasteiger partial charge in [-0.15, -0.1) is 0 Å². The van der Waals surface area contributed by atoms with Gasteiger partial charge in [-0.25, -0.2) is 4.79 Å². The lowest BCUT2D eigenvalue weighted by Gasteiger charge is -2.04. The Hall–Kier alpha value is -3.11. The first-order valence-electron chi connectivity index (χ1n) is 6.62. The van der Waals surface area contributed by atoms with Crippen LogP contribution in [0.4, 0.5) is 25.2 Å². The van der Waals surface area contributed by atoms with Gasteiger partial charge in [0.1, 0.15) is 5.52 Å². The van der Waals surface area contributed by atoms with Crippen LogP contribution in [0.5, 0.6) is 0 Å². The van der Waals surface area contributed by atoms with Gasteiger partial charge >= 0.3 is 30.1 Å². The number of anilines is 2. The molecule has 0 bridgehead atoms. The fourth-order valence-corrected chi connectivity index (χ4v) is 1.80. The Morgan fingerprint density at radius 1 is 1.25 bits per heavy atom. The van der Waals surface area contributed by atoms with E-state index in [0.29, 0.717) is 0 Å². The number of carbonyl (C=O) groups is 1. The van der Waals surface area contributed by atoms with Crippen molar-refractivity contribution in [2.75, 3.05) is 11.9 Å². The van der Waals surface area contributed by atoms with Crippen molar-refractivity contribution < 1.29 is 31.5 Å². The topological polar surface area (TPSA) is 103 Å². The number of nitrogens with zero attached hydrogens (tertiary/aromatic N) is 3. The summed E-state index contributed by atoms with van der Waals surface area (Å²) >= 11 is 0. The van der Waals surface area contributed by atoms with E-state index in [0.717, 1.165) is 18.2 Å². The second kappa shape index (κ2) is 5.83. The minimum atomic E-state index is -4.48. The number of hydrogen-bond acceptors (Lipinski definition) is 8. The molecule has 11 heteroatoms. The normalized spacial score (nSPS) is 11.7. The highest BCUT2D eigenvalue weighted by Crippen LogP contribution is 2.32. The van der Waals surface area contributed by atoms with Gasteiger partial charge in [0.15, 0.2) is 5.58 Å². The third kappa shape index (κ3) is 3.14. The highest BCUT2D eigenvalue weighted by molar-refractivity contribution is 5.84. The van der Waals surface area contributed by atoms with E-state index in [1.165, 1.54) is 0 Å². The van der Waals surface area contributed by atoms with Crippen molar-refractivity contribution in [3.63, 3.8) is 0 Å². The van der Waals surface area contributed by atoms with Gasteiger partial charge in [0.25, 0.3) is 0 Å². The monoisotopic (exact) mass is 342 g/mol. The van der Waals surface area contributed by atoms with Gasteiger partial charge in [0.2, 0.25) is 0 Å². The summed E-state index contributed by atoms with van der Waals surface area (Å²) in [5.41, 5.74) is -0.717. The maximum absolute atomic E-state index is 12.7. The molecule has 0 aliphatic rings. The molecule has 1 aromatic carbocycles. The molecule has 2 heterocycles. The predicted molar refractivity (Wildman–Crippen MR) is 72.5 cm³/mol. The Morgan fingerprint density at radius 2 is 2.04 bits per heavy atom. The molecule has 0 amide bonds. The molecular formula is C13H9F3N4O4. The van der Waals surface area contributed by atoms with Crippen molar-refractivity contribution in [3.8, 4) is 0 Å². The van der Waals surface area contributed by atoms with Crippen LogP contribution in [0.3, 0.4) is 0 Å². The summed E-state index contributed by atoms with van der Waals surface area (Å²) in [7, 11) is 0. The number of carbonyl (C=O) groups excluding carboxylic acids is 1. The van der Waals surface area contributed by atoms with Gasteiger partial charge in [-0.3, -0.25) is 5.32 Å². The van der Waals surface area contributed by atoms with Crippen molar-refractivity contribution in [2.45, 2.75) is 13.1 Å². The Bertz CT molecular complexity index is 887. The van der Waals surface area contributed by atoms with E-state index >= 15 is 0 Å². The zero-order valence-corrected chi connectivity index (χ0v) is 12.0. The summed E-state index contributed by atoms with van der Waals surface area (Å²) in [6.45, 7) is 1.75. The first-order valence-corrected chi connectivity index (χ1v) is 6.62. The van der Waals surface area contributed by atoms with E-state index in [9.17, 15) is 18.0 Å². The lowest BCUT2D eigenvalue weighted by molar-refractivity contribution is -0.137. The summed E-state index contributed by atoms with van der Waals surface area (Å²) in [6.07, 6.45) is -4.48. The van der Waals surface area contributed by atoms with Crippen molar-refractivity contribution in [1.29, 1.82) is 0 Å². The molecule has 0 spiro atoms. The maximum atomic E-state index is 12.7. The van der Waals surface area contributed by atoms with Crippen LogP contribution in [0.15, 0.2) is 27.0 Å². The van der Waals surface area contributed by atoms with Crippen LogP contribution in [-0.4, -0.2) is 27.8 Å². The number of fused-ring (bicyclic) bond motifs is 1. The Kier molecular flexibility index (Phi) is 3.83. The average molecular weight is 342 g/mol. The second-order valence-electron chi connectivity index (χ2n) is 4.46. The first-order chi connectivity index (χ1) is 11.4. The smallest absolute Gasteiger partial charge is 0.416 e. The highest BCUT2D eigenvalue weighted by atomic mass is 19.4. The quantitative estimate of drug-likeness (QED) is 0.721. The molecule has 0 saturated heterocycles. The molecule has 0 atom stereocenters. The first kappa shape index (κ1) is 15.8. The number of benzene rings is 1. The minimum Gasteiger partial charge on any atom is -0.459 e. The minimum absolute atomic E-state index is 0.00236. The molecule has 3 aromatic rings. The molecule has 0 saturated carbocycles. The van der Waals surface area contributed by atoms with Gasteiger partial charge in [-0.2, -0.15) is 18.2 Å². The Labute approximate surface area is 131 Å². The third-order valence-electron chi connectivity index (χ3n) is 2.80. The zero-order chi connectivity index (χ0) is 17.3. The number of rotatable bonds is 4. The molecule has 0 aliphatic carbocycles. The molecule has 126 valence electrons. The van der Waals surface area contributed by atoms with E-state index in [-0.39, 0.29) is 35.6 Å². The molecule has 8 nitrogen and oxygen atoms in total. The fourth-order valence-electron chi connectivity index (χ4n) is 1.80. The molecular weight excluding hydrogens is 333 g/mol. The van der Waals surface area contributed by atoms with E-state index in [2.05, 4.69) is 25.2 Å². The summed E-state index contributed by atoms with van der Waals surface area (Å²) in [4.78, 5) is 15.2. The highest BCUT2D eigenvalue weighted by Gasteiger charge is 2.31. The van der Waals surface area contributed by atoms with Crippen LogP contribution >= 0.6 is 0 Å². The van der Waals surface area contributed by atoms with Crippen molar-refractivity contribution in [2.24, 2.45) is 0 Å².